The molecule has 1 aliphatic carbocycles. The molecule has 11 heteroatoms. The van der Waals surface area contributed by atoms with Crippen molar-refractivity contribution in [1.82, 2.24) is 4.90 Å². The SMILES string of the molecule is Cc1cc(C)c(C2=C(O)[C@]3(CC[C@H](OC4CCN(CCOCCOCCOCCOCC(=O)O)CC4)CC3)OC2=O)c(C)c1. The van der Waals surface area contributed by atoms with Gasteiger partial charge < -0.3 is 43.5 Å². The van der Waals surface area contributed by atoms with Crippen molar-refractivity contribution in [2.24, 2.45) is 0 Å². The van der Waals surface area contributed by atoms with E-state index in [-0.39, 0.29) is 31.2 Å². The van der Waals surface area contributed by atoms with Crippen LogP contribution in [0.4, 0.5) is 0 Å². The molecule has 246 valence electrons. The summed E-state index contributed by atoms with van der Waals surface area (Å²) in [5.74, 6) is -1.33. The van der Waals surface area contributed by atoms with Gasteiger partial charge in [0, 0.05) is 19.6 Å². The van der Waals surface area contributed by atoms with Gasteiger partial charge in [0.1, 0.15) is 12.2 Å². The van der Waals surface area contributed by atoms with Gasteiger partial charge in [-0.05, 0) is 76.0 Å². The maximum absolute atomic E-state index is 13.0. The average Bonchev–Trinajstić information content (AvgIpc) is 3.21. The third-order valence-electron chi connectivity index (χ3n) is 8.64. The van der Waals surface area contributed by atoms with Gasteiger partial charge in [-0.15, -0.1) is 0 Å². The van der Waals surface area contributed by atoms with Gasteiger partial charge in [-0.3, -0.25) is 0 Å². The smallest absolute Gasteiger partial charge is 0.343 e. The number of hydrogen-bond donors (Lipinski definition) is 2. The number of aryl methyl sites for hydroxylation is 3. The number of benzene rings is 1. The highest BCUT2D eigenvalue weighted by molar-refractivity contribution is 6.20. The van der Waals surface area contributed by atoms with E-state index in [1.165, 1.54) is 0 Å². The molecule has 11 nitrogen and oxygen atoms in total. The van der Waals surface area contributed by atoms with Crippen molar-refractivity contribution in [3.8, 4) is 0 Å². The maximum atomic E-state index is 13.0. The third kappa shape index (κ3) is 9.48. The van der Waals surface area contributed by atoms with Gasteiger partial charge in [0.05, 0.1) is 58.5 Å². The van der Waals surface area contributed by atoms with Crippen molar-refractivity contribution in [2.75, 3.05) is 72.5 Å². The zero-order valence-corrected chi connectivity index (χ0v) is 26.4. The first kappa shape index (κ1) is 34.3. The molecule has 44 heavy (non-hydrogen) atoms. The number of piperidine rings is 1. The first-order chi connectivity index (χ1) is 21.2. The van der Waals surface area contributed by atoms with Gasteiger partial charge in [0.2, 0.25) is 0 Å². The number of esters is 1. The molecule has 1 aromatic carbocycles. The monoisotopic (exact) mass is 619 g/mol. The molecule has 1 aromatic rings. The zero-order chi connectivity index (χ0) is 31.5. The van der Waals surface area contributed by atoms with E-state index in [0.29, 0.717) is 58.1 Å². The van der Waals surface area contributed by atoms with Crippen LogP contribution in [-0.2, 0) is 38.0 Å². The molecule has 2 aliphatic heterocycles. The number of aliphatic hydroxyl groups excluding tert-OH is 1. The quantitative estimate of drug-likeness (QED) is 0.195. The number of hydrogen-bond acceptors (Lipinski definition) is 10. The molecule has 4 rings (SSSR count). The van der Waals surface area contributed by atoms with Crippen LogP contribution in [0.5, 0.6) is 0 Å². The predicted molar refractivity (Wildman–Crippen MR) is 163 cm³/mol. The van der Waals surface area contributed by atoms with E-state index >= 15 is 0 Å². The number of carboxylic acid groups (broad SMARTS) is 1. The van der Waals surface area contributed by atoms with Crippen molar-refractivity contribution in [3.05, 3.63) is 40.1 Å². The van der Waals surface area contributed by atoms with E-state index in [1.54, 1.807) is 0 Å². The van der Waals surface area contributed by atoms with Gasteiger partial charge in [0.25, 0.3) is 0 Å². The Labute approximate surface area is 260 Å². The molecular weight excluding hydrogens is 570 g/mol. The number of carbonyl (C=O) groups is 2. The summed E-state index contributed by atoms with van der Waals surface area (Å²) in [6, 6.07) is 4.07. The van der Waals surface area contributed by atoms with Crippen molar-refractivity contribution in [2.45, 2.75) is 77.1 Å². The summed E-state index contributed by atoms with van der Waals surface area (Å²) >= 11 is 0. The van der Waals surface area contributed by atoms with Crippen LogP contribution in [0.15, 0.2) is 17.9 Å². The summed E-state index contributed by atoms with van der Waals surface area (Å²) < 4.78 is 33.8. The Morgan fingerprint density at radius 3 is 1.95 bits per heavy atom. The van der Waals surface area contributed by atoms with Crippen LogP contribution in [0, 0.1) is 20.8 Å². The maximum Gasteiger partial charge on any atom is 0.343 e. The van der Waals surface area contributed by atoms with E-state index in [4.69, 9.17) is 33.5 Å². The first-order valence-corrected chi connectivity index (χ1v) is 15.8. The number of carbonyl (C=O) groups excluding carboxylic acids is 1. The number of rotatable bonds is 17. The largest absolute Gasteiger partial charge is 0.507 e. The Kier molecular flexibility index (Phi) is 13.0. The highest BCUT2D eigenvalue weighted by atomic mass is 16.6. The zero-order valence-electron chi connectivity index (χ0n) is 26.4. The van der Waals surface area contributed by atoms with Crippen molar-refractivity contribution in [1.29, 1.82) is 0 Å². The fraction of sp³-hybridized carbons (Fsp3) is 0.697. The fourth-order valence-corrected chi connectivity index (χ4v) is 6.48. The minimum absolute atomic E-state index is 0.0874. The molecule has 0 bridgehead atoms. The number of likely N-dealkylation sites (tertiary alicyclic amines) is 1. The molecule has 3 aliphatic rings. The Hall–Kier alpha value is -2.54. The van der Waals surface area contributed by atoms with E-state index < -0.39 is 17.5 Å². The lowest BCUT2D eigenvalue weighted by Gasteiger charge is -2.39. The first-order valence-electron chi connectivity index (χ1n) is 15.8. The lowest BCUT2D eigenvalue weighted by atomic mass is 9.80. The minimum atomic E-state index is -0.990. The van der Waals surface area contributed by atoms with Crippen LogP contribution >= 0.6 is 0 Å². The Morgan fingerprint density at radius 1 is 0.864 bits per heavy atom. The summed E-state index contributed by atoms with van der Waals surface area (Å²) in [5, 5.41) is 19.8. The molecule has 1 saturated heterocycles. The standard InChI is InChI=1S/C33H49NO10/c1-23-20-24(2)29(25(3)21-23)30-31(37)33(44-32(30)38)8-4-26(5-9-33)43-27-6-10-34(11-7-27)12-13-39-14-15-40-16-17-41-18-19-42-22-28(35)36/h20-21,26-27,37H,4-19,22H2,1-3H3,(H,35,36)/t26-,33+. The Balaban J connectivity index is 1.07. The summed E-state index contributed by atoms with van der Waals surface area (Å²) in [4.78, 5) is 25.7. The van der Waals surface area contributed by atoms with Gasteiger partial charge >= 0.3 is 11.9 Å². The van der Waals surface area contributed by atoms with Gasteiger partial charge in [-0.25, -0.2) is 9.59 Å². The highest BCUT2D eigenvalue weighted by Crippen LogP contribution is 2.47. The molecule has 2 N–H and O–H groups in total. The normalized spacial score (nSPS) is 23.1. The van der Waals surface area contributed by atoms with Gasteiger partial charge in [0.15, 0.2) is 11.4 Å². The highest BCUT2D eigenvalue weighted by Gasteiger charge is 2.51. The Bertz CT molecular complexity index is 1110. The number of nitrogens with zero attached hydrogens (tertiary/aromatic N) is 1. The van der Waals surface area contributed by atoms with Crippen LogP contribution in [0.2, 0.25) is 0 Å². The lowest BCUT2D eigenvalue weighted by Crippen LogP contribution is -2.43. The van der Waals surface area contributed by atoms with Crippen molar-refractivity contribution in [3.63, 3.8) is 0 Å². The topological polar surface area (TPSA) is 133 Å². The van der Waals surface area contributed by atoms with E-state index in [0.717, 1.165) is 67.6 Å². The number of ether oxygens (including phenoxy) is 6. The van der Waals surface area contributed by atoms with Crippen LogP contribution in [0.25, 0.3) is 5.57 Å². The molecule has 0 aromatic heterocycles. The van der Waals surface area contributed by atoms with Gasteiger partial charge in [-0.2, -0.15) is 0 Å². The molecule has 0 unspecified atom stereocenters. The van der Waals surface area contributed by atoms with E-state index in [2.05, 4.69) is 4.90 Å². The van der Waals surface area contributed by atoms with Crippen LogP contribution in [0.1, 0.15) is 60.8 Å². The lowest BCUT2D eigenvalue weighted by molar-refractivity contribution is -0.154. The molecule has 0 amide bonds. The Morgan fingerprint density at radius 2 is 1.39 bits per heavy atom. The second-order valence-corrected chi connectivity index (χ2v) is 12.0. The number of carboxylic acids is 1. The second kappa shape index (κ2) is 16.7. The van der Waals surface area contributed by atoms with Crippen LogP contribution in [-0.4, -0.2) is 117 Å². The minimum Gasteiger partial charge on any atom is -0.507 e. The predicted octanol–water partition coefficient (Wildman–Crippen LogP) is 3.75. The van der Waals surface area contributed by atoms with Crippen LogP contribution < -0.4 is 0 Å². The molecule has 1 saturated carbocycles. The third-order valence-corrected chi connectivity index (χ3v) is 8.64. The average molecular weight is 620 g/mol. The second-order valence-electron chi connectivity index (χ2n) is 12.0. The van der Waals surface area contributed by atoms with E-state index in [1.807, 2.05) is 32.9 Å². The fourth-order valence-electron chi connectivity index (χ4n) is 6.48. The summed E-state index contributed by atoms with van der Waals surface area (Å²) in [7, 11) is 0. The van der Waals surface area contributed by atoms with Crippen molar-refractivity contribution < 1.29 is 48.2 Å². The van der Waals surface area contributed by atoms with E-state index in [9.17, 15) is 14.7 Å². The molecule has 2 fully saturated rings. The van der Waals surface area contributed by atoms with Gasteiger partial charge in [-0.1, -0.05) is 17.7 Å². The summed E-state index contributed by atoms with van der Waals surface area (Å²) in [5.41, 5.74) is 3.26. The molecular formula is C33H49NO10. The molecule has 0 atom stereocenters. The number of aliphatic carboxylic acids is 1. The van der Waals surface area contributed by atoms with Crippen molar-refractivity contribution >= 4 is 17.5 Å². The summed E-state index contributed by atoms with van der Waals surface area (Å²) in [6.45, 7) is 11.6. The molecule has 2 heterocycles. The molecule has 0 radical (unpaired) electrons. The van der Waals surface area contributed by atoms with Crippen LogP contribution in [0.3, 0.4) is 0 Å². The molecule has 1 spiro atoms. The summed E-state index contributed by atoms with van der Waals surface area (Å²) in [6.07, 6.45) is 4.91. The number of aliphatic hydroxyl groups is 1.